The largest absolute Gasteiger partial charge is 0.352 e. The fraction of sp³-hybridized carbons (Fsp3) is 0.286. The molecule has 144 valence electrons. The van der Waals surface area contributed by atoms with Gasteiger partial charge in [-0.15, -0.1) is 0 Å². The molecule has 4 rings (SSSR count). The lowest BCUT2D eigenvalue weighted by Gasteiger charge is -2.24. The van der Waals surface area contributed by atoms with Gasteiger partial charge in [-0.2, -0.15) is 5.10 Å². The number of aromatic nitrogens is 3. The number of amides is 1. The molecule has 1 N–H and O–H groups in total. The third kappa shape index (κ3) is 4.43. The Morgan fingerprint density at radius 1 is 1.18 bits per heavy atom. The fourth-order valence-corrected chi connectivity index (χ4v) is 3.50. The van der Waals surface area contributed by atoms with Crippen LogP contribution in [0.1, 0.15) is 24.1 Å². The molecule has 2 aromatic heterocycles. The molecule has 1 amide bonds. The maximum absolute atomic E-state index is 14.0. The van der Waals surface area contributed by atoms with Gasteiger partial charge in [-0.25, -0.2) is 9.07 Å². The average Bonchev–Trinajstić information content (AvgIpc) is 3.32. The van der Waals surface area contributed by atoms with Gasteiger partial charge in [-0.05, 0) is 30.7 Å². The molecule has 0 aliphatic carbocycles. The van der Waals surface area contributed by atoms with Gasteiger partial charge in [0.2, 0.25) is 5.91 Å². The van der Waals surface area contributed by atoms with Crippen molar-refractivity contribution in [3.8, 4) is 5.69 Å². The van der Waals surface area contributed by atoms with E-state index in [4.69, 9.17) is 0 Å². The molecule has 1 aliphatic rings. The summed E-state index contributed by atoms with van der Waals surface area (Å²) in [7, 11) is 0. The Balaban J connectivity index is 1.50. The number of carbonyl (C=O) groups excluding carboxylic acids is 1. The number of pyridine rings is 1. The number of hydrogen-bond acceptors (Lipinski definition) is 4. The molecular formula is C21H22FN5O. The molecule has 28 heavy (non-hydrogen) atoms. The Labute approximate surface area is 163 Å². The molecule has 1 aromatic carbocycles. The van der Waals surface area contributed by atoms with Crippen molar-refractivity contribution in [1.82, 2.24) is 25.0 Å². The van der Waals surface area contributed by atoms with E-state index in [1.807, 2.05) is 24.4 Å². The summed E-state index contributed by atoms with van der Waals surface area (Å²) in [5, 5.41) is 7.34. The fourth-order valence-electron chi connectivity index (χ4n) is 3.50. The van der Waals surface area contributed by atoms with E-state index in [-0.39, 0.29) is 17.8 Å². The van der Waals surface area contributed by atoms with Crippen LogP contribution in [0.25, 0.3) is 5.69 Å². The van der Waals surface area contributed by atoms with Gasteiger partial charge >= 0.3 is 0 Å². The van der Waals surface area contributed by atoms with Crippen LogP contribution in [0, 0.1) is 5.82 Å². The summed E-state index contributed by atoms with van der Waals surface area (Å²) in [6.07, 6.45) is 6.79. The highest BCUT2D eigenvalue weighted by Crippen LogP contribution is 2.16. The van der Waals surface area contributed by atoms with E-state index in [1.165, 1.54) is 6.07 Å². The second-order valence-electron chi connectivity index (χ2n) is 7.04. The minimum absolute atomic E-state index is 0.107. The second kappa shape index (κ2) is 8.31. The van der Waals surface area contributed by atoms with Crippen LogP contribution < -0.4 is 5.32 Å². The SMILES string of the molecule is O=C1CC[C@@H](CN(Cc2cnn(-c3ccccc3F)c2)Cc2ccccn2)N1. The van der Waals surface area contributed by atoms with E-state index in [2.05, 4.69) is 20.3 Å². The monoisotopic (exact) mass is 379 g/mol. The highest BCUT2D eigenvalue weighted by molar-refractivity contribution is 5.78. The molecule has 0 saturated carbocycles. The molecule has 1 aliphatic heterocycles. The van der Waals surface area contributed by atoms with Gasteiger partial charge in [0, 0.05) is 50.1 Å². The third-order valence-electron chi connectivity index (χ3n) is 4.82. The van der Waals surface area contributed by atoms with Crippen molar-refractivity contribution in [2.75, 3.05) is 6.54 Å². The molecule has 0 unspecified atom stereocenters. The number of halogens is 1. The summed E-state index contributed by atoms with van der Waals surface area (Å²) in [5.74, 6) is -0.202. The average molecular weight is 379 g/mol. The van der Waals surface area contributed by atoms with Gasteiger partial charge in [0.05, 0.1) is 11.9 Å². The van der Waals surface area contributed by atoms with Gasteiger partial charge in [0.15, 0.2) is 0 Å². The van der Waals surface area contributed by atoms with Crippen LogP contribution in [0.2, 0.25) is 0 Å². The van der Waals surface area contributed by atoms with Crippen LogP contribution in [0.5, 0.6) is 0 Å². The first kappa shape index (κ1) is 18.3. The summed E-state index contributed by atoms with van der Waals surface area (Å²) >= 11 is 0. The molecule has 1 atom stereocenters. The molecule has 0 radical (unpaired) electrons. The van der Waals surface area contributed by atoms with E-state index < -0.39 is 0 Å². The molecular weight excluding hydrogens is 357 g/mol. The summed E-state index contributed by atoms with van der Waals surface area (Å²) in [6.45, 7) is 2.03. The Morgan fingerprint density at radius 2 is 2.04 bits per heavy atom. The lowest BCUT2D eigenvalue weighted by Crippen LogP contribution is -2.38. The molecule has 7 heteroatoms. The number of benzene rings is 1. The number of nitrogens with one attached hydrogen (secondary N) is 1. The minimum atomic E-state index is -0.309. The minimum Gasteiger partial charge on any atom is -0.352 e. The predicted octanol–water partition coefficient (Wildman–Crippen LogP) is 2.69. The topological polar surface area (TPSA) is 63.1 Å². The van der Waals surface area contributed by atoms with Gasteiger partial charge in [0.1, 0.15) is 11.5 Å². The van der Waals surface area contributed by atoms with Crippen LogP contribution in [-0.4, -0.2) is 38.2 Å². The summed E-state index contributed by atoms with van der Waals surface area (Å²) < 4.78 is 15.6. The number of hydrogen-bond donors (Lipinski definition) is 1. The van der Waals surface area contributed by atoms with E-state index in [1.54, 1.807) is 35.3 Å². The molecule has 0 spiro atoms. The predicted molar refractivity (Wildman–Crippen MR) is 103 cm³/mol. The molecule has 1 fully saturated rings. The highest BCUT2D eigenvalue weighted by Gasteiger charge is 2.23. The second-order valence-corrected chi connectivity index (χ2v) is 7.04. The lowest BCUT2D eigenvalue weighted by molar-refractivity contribution is -0.119. The molecule has 6 nitrogen and oxygen atoms in total. The van der Waals surface area contributed by atoms with Crippen molar-refractivity contribution in [3.05, 3.63) is 78.1 Å². The van der Waals surface area contributed by atoms with Crippen molar-refractivity contribution >= 4 is 5.91 Å². The standard InChI is InChI=1S/C21H22FN5O/c22-19-6-1-2-7-20(19)27-13-16(11-24-27)12-26(14-17-5-3-4-10-23-17)15-18-8-9-21(28)25-18/h1-7,10-11,13,18H,8-9,12,14-15H2,(H,25,28)/t18-/m0/s1. The van der Waals surface area contributed by atoms with Crippen LogP contribution >= 0.6 is 0 Å². The van der Waals surface area contributed by atoms with Crippen molar-refractivity contribution in [1.29, 1.82) is 0 Å². The zero-order valence-corrected chi connectivity index (χ0v) is 15.5. The molecule has 3 aromatic rings. The summed E-state index contributed by atoms with van der Waals surface area (Å²) in [4.78, 5) is 18.2. The van der Waals surface area contributed by atoms with E-state index in [0.717, 1.165) is 24.2 Å². The Morgan fingerprint density at radius 3 is 2.79 bits per heavy atom. The Hall–Kier alpha value is -3.06. The first-order chi connectivity index (χ1) is 13.7. The lowest BCUT2D eigenvalue weighted by atomic mass is 10.2. The first-order valence-electron chi connectivity index (χ1n) is 9.37. The third-order valence-corrected chi connectivity index (χ3v) is 4.82. The summed E-state index contributed by atoms with van der Waals surface area (Å²) in [6, 6.07) is 12.6. The van der Waals surface area contributed by atoms with Gasteiger partial charge in [-0.3, -0.25) is 14.7 Å². The molecule has 0 bridgehead atoms. The Bertz CT molecular complexity index is 943. The first-order valence-corrected chi connectivity index (χ1v) is 9.37. The zero-order valence-electron chi connectivity index (χ0n) is 15.5. The van der Waals surface area contributed by atoms with Gasteiger partial charge < -0.3 is 5.32 Å². The maximum Gasteiger partial charge on any atom is 0.220 e. The van der Waals surface area contributed by atoms with Crippen molar-refractivity contribution in [2.24, 2.45) is 0 Å². The van der Waals surface area contributed by atoms with E-state index in [9.17, 15) is 9.18 Å². The van der Waals surface area contributed by atoms with E-state index in [0.29, 0.717) is 25.2 Å². The van der Waals surface area contributed by atoms with Gasteiger partial charge in [-0.1, -0.05) is 18.2 Å². The van der Waals surface area contributed by atoms with Crippen LogP contribution in [0.4, 0.5) is 4.39 Å². The molecule has 3 heterocycles. The number of para-hydroxylation sites is 1. The summed E-state index contributed by atoms with van der Waals surface area (Å²) in [5.41, 5.74) is 2.37. The van der Waals surface area contributed by atoms with Crippen LogP contribution in [0.15, 0.2) is 61.1 Å². The zero-order chi connectivity index (χ0) is 19.3. The van der Waals surface area contributed by atoms with Crippen molar-refractivity contribution in [2.45, 2.75) is 32.0 Å². The number of rotatable bonds is 7. The van der Waals surface area contributed by atoms with Crippen LogP contribution in [-0.2, 0) is 17.9 Å². The highest BCUT2D eigenvalue weighted by atomic mass is 19.1. The van der Waals surface area contributed by atoms with Crippen molar-refractivity contribution in [3.63, 3.8) is 0 Å². The molecule has 1 saturated heterocycles. The van der Waals surface area contributed by atoms with Crippen molar-refractivity contribution < 1.29 is 9.18 Å². The smallest absolute Gasteiger partial charge is 0.220 e. The maximum atomic E-state index is 14.0. The quantitative estimate of drug-likeness (QED) is 0.686. The normalized spacial score (nSPS) is 16.5. The number of nitrogens with zero attached hydrogens (tertiary/aromatic N) is 4. The van der Waals surface area contributed by atoms with E-state index >= 15 is 0 Å². The Kier molecular flexibility index (Phi) is 5.43. The van der Waals surface area contributed by atoms with Gasteiger partial charge in [0.25, 0.3) is 0 Å². The van der Waals surface area contributed by atoms with Crippen LogP contribution in [0.3, 0.4) is 0 Å². The number of carbonyl (C=O) groups is 1.